The highest BCUT2D eigenvalue weighted by atomic mass is 19.4. The largest absolute Gasteiger partial charge is 0.493 e. The summed E-state index contributed by atoms with van der Waals surface area (Å²) in [7, 11) is 0. The van der Waals surface area contributed by atoms with Gasteiger partial charge in [0.25, 0.3) is 0 Å². The predicted molar refractivity (Wildman–Crippen MR) is 56.6 cm³/mol. The van der Waals surface area contributed by atoms with E-state index in [0.717, 1.165) is 0 Å². The molecule has 1 aliphatic carbocycles. The zero-order valence-corrected chi connectivity index (χ0v) is 9.33. The van der Waals surface area contributed by atoms with E-state index in [1.54, 1.807) is 0 Å². The lowest BCUT2D eigenvalue weighted by atomic mass is 10.1. The average molecular weight is 260 g/mol. The molecule has 0 spiro atoms. The first-order chi connectivity index (χ1) is 8.34. The highest BCUT2D eigenvalue weighted by Gasteiger charge is 2.63. The molecule has 0 amide bonds. The van der Waals surface area contributed by atoms with Gasteiger partial charge in [0.05, 0.1) is 5.56 Å². The van der Waals surface area contributed by atoms with Gasteiger partial charge < -0.3 is 9.84 Å². The van der Waals surface area contributed by atoms with E-state index in [4.69, 9.17) is 9.84 Å². The van der Waals surface area contributed by atoms with Crippen LogP contribution in [0, 0.1) is 5.41 Å². The normalized spacial score (nSPS) is 17.3. The zero-order valence-electron chi connectivity index (χ0n) is 9.33. The van der Waals surface area contributed by atoms with E-state index < -0.39 is 24.2 Å². The summed E-state index contributed by atoms with van der Waals surface area (Å²) in [5.41, 5.74) is -1.64. The zero-order chi connectivity index (χ0) is 13.4. The Hall–Kier alpha value is -1.72. The van der Waals surface area contributed by atoms with Crippen molar-refractivity contribution in [2.24, 2.45) is 5.41 Å². The van der Waals surface area contributed by atoms with Crippen molar-refractivity contribution < 1.29 is 27.8 Å². The number of ether oxygens (including phenoxy) is 1. The second kappa shape index (κ2) is 4.19. The van der Waals surface area contributed by atoms with Crippen molar-refractivity contribution in [3.05, 3.63) is 29.8 Å². The molecule has 1 aliphatic rings. The van der Waals surface area contributed by atoms with E-state index in [1.807, 2.05) is 0 Å². The molecule has 0 saturated heterocycles. The summed E-state index contributed by atoms with van der Waals surface area (Å²) in [5.74, 6) is -0.842. The van der Waals surface area contributed by atoms with Crippen molar-refractivity contribution in [1.82, 2.24) is 0 Å². The molecule has 98 valence electrons. The minimum Gasteiger partial charge on any atom is -0.493 e. The molecule has 0 atom stereocenters. The Kier molecular flexibility index (Phi) is 2.96. The SMILES string of the molecule is O=C(O)c1ccc(OCC2(C(F)(F)F)CC2)cc1. The minimum absolute atomic E-state index is 0.0688. The lowest BCUT2D eigenvalue weighted by molar-refractivity contribution is -0.194. The number of aromatic carboxylic acids is 1. The van der Waals surface area contributed by atoms with Crippen LogP contribution in [0.25, 0.3) is 0 Å². The van der Waals surface area contributed by atoms with E-state index in [2.05, 4.69) is 0 Å². The van der Waals surface area contributed by atoms with Crippen LogP contribution < -0.4 is 4.74 Å². The van der Waals surface area contributed by atoms with Gasteiger partial charge in [-0.15, -0.1) is 0 Å². The van der Waals surface area contributed by atoms with Crippen LogP contribution in [-0.4, -0.2) is 23.9 Å². The van der Waals surface area contributed by atoms with Gasteiger partial charge in [-0.05, 0) is 37.1 Å². The molecule has 0 aromatic heterocycles. The number of rotatable bonds is 4. The van der Waals surface area contributed by atoms with Crippen LogP contribution in [0.4, 0.5) is 13.2 Å². The third-order valence-corrected chi connectivity index (χ3v) is 3.07. The van der Waals surface area contributed by atoms with Gasteiger partial charge in [0.2, 0.25) is 0 Å². The van der Waals surface area contributed by atoms with Gasteiger partial charge in [0.1, 0.15) is 17.8 Å². The van der Waals surface area contributed by atoms with Crippen LogP contribution >= 0.6 is 0 Å². The molecule has 1 N–H and O–H groups in total. The standard InChI is InChI=1S/C12H11F3O3/c13-12(14,15)11(5-6-11)7-18-9-3-1-8(2-4-9)10(16)17/h1-4H,5-7H2,(H,16,17). The fourth-order valence-corrected chi connectivity index (χ4v) is 1.58. The lowest BCUT2D eigenvalue weighted by Crippen LogP contribution is -2.30. The highest BCUT2D eigenvalue weighted by Crippen LogP contribution is 2.57. The Morgan fingerprint density at radius 1 is 1.28 bits per heavy atom. The van der Waals surface area contributed by atoms with Crippen molar-refractivity contribution in [3.8, 4) is 5.75 Å². The second-order valence-corrected chi connectivity index (χ2v) is 4.40. The van der Waals surface area contributed by atoms with Crippen LogP contribution in [0.2, 0.25) is 0 Å². The van der Waals surface area contributed by atoms with Crippen molar-refractivity contribution in [2.45, 2.75) is 19.0 Å². The Morgan fingerprint density at radius 3 is 2.22 bits per heavy atom. The van der Waals surface area contributed by atoms with Gasteiger partial charge in [0.15, 0.2) is 0 Å². The van der Waals surface area contributed by atoms with E-state index in [9.17, 15) is 18.0 Å². The quantitative estimate of drug-likeness (QED) is 0.904. The van der Waals surface area contributed by atoms with Crippen molar-refractivity contribution in [1.29, 1.82) is 0 Å². The highest BCUT2D eigenvalue weighted by molar-refractivity contribution is 5.87. The summed E-state index contributed by atoms with van der Waals surface area (Å²) in [4.78, 5) is 10.6. The number of hydrogen-bond donors (Lipinski definition) is 1. The van der Waals surface area contributed by atoms with Crippen molar-refractivity contribution in [2.75, 3.05) is 6.61 Å². The molecule has 0 aliphatic heterocycles. The maximum Gasteiger partial charge on any atom is 0.397 e. The maximum absolute atomic E-state index is 12.6. The van der Waals surface area contributed by atoms with Gasteiger partial charge in [-0.3, -0.25) is 0 Å². The van der Waals surface area contributed by atoms with E-state index in [1.165, 1.54) is 24.3 Å². The van der Waals surface area contributed by atoms with E-state index in [-0.39, 0.29) is 24.2 Å². The molecular formula is C12H11F3O3. The van der Waals surface area contributed by atoms with Crippen LogP contribution in [0.15, 0.2) is 24.3 Å². The lowest BCUT2D eigenvalue weighted by Gasteiger charge is -2.19. The third kappa shape index (κ3) is 2.42. The third-order valence-electron chi connectivity index (χ3n) is 3.07. The molecule has 0 heterocycles. The molecule has 0 unspecified atom stereocenters. The van der Waals surface area contributed by atoms with Crippen LogP contribution in [0.3, 0.4) is 0 Å². The van der Waals surface area contributed by atoms with E-state index in [0.29, 0.717) is 0 Å². The Bertz CT molecular complexity index is 447. The average Bonchev–Trinajstić information content (AvgIpc) is 3.07. The summed E-state index contributed by atoms with van der Waals surface area (Å²) in [6.07, 6.45) is -4.07. The molecule has 1 fully saturated rings. The van der Waals surface area contributed by atoms with Crippen LogP contribution in [0.5, 0.6) is 5.75 Å². The molecule has 1 aromatic carbocycles. The summed E-state index contributed by atoms with van der Waals surface area (Å²) < 4.78 is 42.9. The molecule has 18 heavy (non-hydrogen) atoms. The smallest absolute Gasteiger partial charge is 0.397 e. The number of halogens is 3. The fourth-order valence-electron chi connectivity index (χ4n) is 1.58. The number of hydrogen-bond acceptors (Lipinski definition) is 2. The number of carboxylic acids is 1. The minimum atomic E-state index is -4.24. The first-order valence-corrected chi connectivity index (χ1v) is 5.37. The number of carboxylic acid groups (broad SMARTS) is 1. The molecule has 2 rings (SSSR count). The van der Waals surface area contributed by atoms with Crippen molar-refractivity contribution >= 4 is 5.97 Å². The van der Waals surface area contributed by atoms with E-state index >= 15 is 0 Å². The van der Waals surface area contributed by atoms with Gasteiger partial charge in [-0.2, -0.15) is 13.2 Å². The van der Waals surface area contributed by atoms with Crippen LogP contribution in [0.1, 0.15) is 23.2 Å². The first kappa shape index (κ1) is 12.7. The number of alkyl halides is 3. The topological polar surface area (TPSA) is 46.5 Å². The summed E-state index contributed by atoms with van der Waals surface area (Å²) in [5, 5.41) is 8.66. The molecule has 1 saturated carbocycles. The predicted octanol–water partition coefficient (Wildman–Crippen LogP) is 3.11. The Morgan fingerprint density at radius 2 is 1.83 bits per heavy atom. The van der Waals surface area contributed by atoms with Gasteiger partial charge >= 0.3 is 12.1 Å². The summed E-state index contributed by atoms with van der Waals surface area (Å²) in [6, 6.07) is 5.31. The fraction of sp³-hybridized carbons (Fsp3) is 0.417. The van der Waals surface area contributed by atoms with Gasteiger partial charge in [-0.1, -0.05) is 0 Å². The molecule has 1 aromatic rings. The molecule has 6 heteroatoms. The molecule has 0 bridgehead atoms. The molecule has 3 nitrogen and oxygen atoms in total. The van der Waals surface area contributed by atoms with Gasteiger partial charge in [0, 0.05) is 0 Å². The summed E-state index contributed by atoms with van der Waals surface area (Å²) >= 11 is 0. The number of carbonyl (C=O) groups is 1. The first-order valence-electron chi connectivity index (χ1n) is 5.37. The molecular weight excluding hydrogens is 249 g/mol. The number of benzene rings is 1. The van der Waals surface area contributed by atoms with Crippen molar-refractivity contribution in [3.63, 3.8) is 0 Å². The van der Waals surface area contributed by atoms with Gasteiger partial charge in [-0.25, -0.2) is 4.79 Å². The monoisotopic (exact) mass is 260 g/mol. The Balaban J connectivity index is 1.97. The summed E-state index contributed by atoms with van der Waals surface area (Å²) in [6.45, 7) is -0.414. The maximum atomic E-state index is 12.6. The Labute approximate surface area is 101 Å². The van der Waals surface area contributed by atoms with Crippen LogP contribution in [-0.2, 0) is 0 Å². The molecule has 0 radical (unpaired) electrons. The second-order valence-electron chi connectivity index (χ2n) is 4.40.